The van der Waals surface area contributed by atoms with Crippen molar-refractivity contribution in [3.8, 4) is 5.75 Å². The van der Waals surface area contributed by atoms with Gasteiger partial charge in [0.25, 0.3) is 0 Å². The molecule has 0 aromatic carbocycles. The van der Waals surface area contributed by atoms with Gasteiger partial charge < -0.3 is 4.74 Å². The van der Waals surface area contributed by atoms with Gasteiger partial charge in [-0.3, -0.25) is 0 Å². The van der Waals surface area contributed by atoms with Crippen LogP contribution in [-0.2, 0) is 0 Å². The predicted molar refractivity (Wildman–Crippen MR) is 75.4 cm³/mol. The molecule has 1 heterocycles. The molecule has 0 amide bonds. The van der Waals surface area contributed by atoms with E-state index in [4.69, 9.17) is 4.74 Å². The molecular formula is C9H9Br4NO. The fourth-order valence-electron chi connectivity index (χ4n) is 0.864. The molecule has 0 aliphatic carbocycles. The molecule has 2 nitrogen and oxygen atoms in total. The number of rotatable bonds is 1. The molecule has 1 rings (SSSR count). The molecule has 84 valence electrons. The van der Waals surface area contributed by atoms with Gasteiger partial charge >= 0.3 is 0 Å². The molecule has 0 atom stereocenters. The second kappa shape index (κ2) is 5.02. The van der Waals surface area contributed by atoms with Gasteiger partial charge in [0.2, 0.25) is 0 Å². The van der Waals surface area contributed by atoms with Crippen molar-refractivity contribution in [1.29, 1.82) is 0 Å². The maximum atomic E-state index is 5.83. The third-order valence-electron chi connectivity index (χ3n) is 1.37. The van der Waals surface area contributed by atoms with Gasteiger partial charge in [0.1, 0.15) is 14.8 Å². The Morgan fingerprint density at radius 3 is 1.67 bits per heavy atom. The van der Waals surface area contributed by atoms with Crippen LogP contribution in [0.2, 0.25) is 0 Å². The average Bonchev–Trinajstić information content (AvgIpc) is 2.08. The maximum absolute atomic E-state index is 5.83. The van der Waals surface area contributed by atoms with E-state index in [0.717, 1.165) is 14.7 Å². The molecule has 15 heavy (non-hydrogen) atoms. The van der Waals surface area contributed by atoms with E-state index in [1.807, 2.05) is 20.8 Å². The molecule has 0 aliphatic heterocycles. The molecule has 0 N–H and O–H groups in total. The maximum Gasteiger partial charge on any atom is 0.153 e. The highest BCUT2D eigenvalue weighted by Crippen LogP contribution is 2.42. The fraction of sp³-hybridized carbons (Fsp3) is 0.444. The minimum absolute atomic E-state index is 0.259. The first-order chi connectivity index (χ1) is 6.72. The van der Waals surface area contributed by atoms with Gasteiger partial charge in [0.15, 0.2) is 5.75 Å². The summed E-state index contributed by atoms with van der Waals surface area (Å²) in [5, 5.41) is 0. The zero-order chi connectivity index (χ0) is 11.8. The quantitative estimate of drug-likeness (QED) is 0.523. The van der Waals surface area contributed by atoms with E-state index in [-0.39, 0.29) is 5.60 Å². The van der Waals surface area contributed by atoms with Crippen LogP contribution in [0.3, 0.4) is 0 Å². The zero-order valence-electron chi connectivity index (χ0n) is 8.37. The Balaban J connectivity index is 3.27. The van der Waals surface area contributed by atoms with Crippen molar-refractivity contribution in [2.45, 2.75) is 26.4 Å². The van der Waals surface area contributed by atoms with E-state index in [0.29, 0.717) is 9.21 Å². The number of hydrogen-bond donors (Lipinski definition) is 0. The highest BCUT2D eigenvalue weighted by atomic mass is 79.9. The fourth-order valence-corrected chi connectivity index (χ4v) is 2.82. The number of hydrogen-bond acceptors (Lipinski definition) is 2. The van der Waals surface area contributed by atoms with Gasteiger partial charge in [0, 0.05) is 0 Å². The number of halogens is 4. The average molecular weight is 467 g/mol. The van der Waals surface area contributed by atoms with Crippen LogP contribution in [0.1, 0.15) is 20.8 Å². The van der Waals surface area contributed by atoms with Crippen molar-refractivity contribution in [2.24, 2.45) is 0 Å². The standard InChI is InChI=1S/C9H9Br4NO/c1-9(2,3)15-6-4(10)7(12)14-8(13)5(6)11/h1-3H3. The molecule has 0 saturated carbocycles. The lowest BCUT2D eigenvalue weighted by atomic mass is 10.2. The molecule has 0 saturated heterocycles. The van der Waals surface area contributed by atoms with Gasteiger partial charge in [-0.15, -0.1) is 0 Å². The lowest BCUT2D eigenvalue weighted by Gasteiger charge is -2.23. The molecule has 0 radical (unpaired) electrons. The van der Waals surface area contributed by atoms with Crippen LogP contribution in [0, 0.1) is 0 Å². The van der Waals surface area contributed by atoms with E-state index in [2.05, 4.69) is 68.7 Å². The lowest BCUT2D eigenvalue weighted by Crippen LogP contribution is -2.23. The Hall–Kier alpha value is 0.870. The zero-order valence-corrected chi connectivity index (χ0v) is 14.7. The van der Waals surface area contributed by atoms with Crippen molar-refractivity contribution in [3.05, 3.63) is 18.2 Å². The van der Waals surface area contributed by atoms with Crippen LogP contribution in [-0.4, -0.2) is 10.6 Å². The van der Waals surface area contributed by atoms with Crippen molar-refractivity contribution >= 4 is 63.7 Å². The first-order valence-corrected chi connectivity index (χ1v) is 7.28. The van der Waals surface area contributed by atoms with E-state index < -0.39 is 0 Å². The van der Waals surface area contributed by atoms with E-state index in [1.54, 1.807) is 0 Å². The van der Waals surface area contributed by atoms with E-state index in [1.165, 1.54) is 0 Å². The van der Waals surface area contributed by atoms with Crippen LogP contribution in [0.4, 0.5) is 0 Å². The minimum Gasteiger partial charge on any atom is -0.486 e. The minimum atomic E-state index is -0.259. The summed E-state index contributed by atoms with van der Waals surface area (Å²) in [6, 6.07) is 0. The Bertz CT molecular complexity index is 360. The van der Waals surface area contributed by atoms with Crippen LogP contribution in [0.15, 0.2) is 18.2 Å². The summed E-state index contributed by atoms with van der Waals surface area (Å²) in [7, 11) is 0. The van der Waals surface area contributed by atoms with Crippen molar-refractivity contribution in [1.82, 2.24) is 4.98 Å². The Morgan fingerprint density at radius 1 is 0.933 bits per heavy atom. The highest BCUT2D eigenvalue weighted by Gasteiger charge is 2.20. The third kappa shape index (κ3) is 3.68. The molecule has 1 aromatic rings. The third-order valence-corrected chi connectivity index (χ3v) is 5.05. The van der Waals surface area contributed by atoms with E-state index in [9.17, 15) is 0 Å². The second-order valence-electron chi connectivity index (χ2n) is 3.86. The Labute approximate surface area is 123 Å². The lowest BCUT2D eigenvalue weighted by molar-refractivity contribution is 0.128. The van der Waals surface area contributed by atoms with Crippen molar-refractivity contribution in [2.75, 3.05) is 0 Å². The monoisotopic (exact) mass is 463 g/mol. The number of aromatic nitrogens is 1. The molecule has 0 spiro atoms. The van der Waals surface area contributed by atoms with Crippen LogP contribution in [0.25, 0.3) is 0 Å². The van der Waals surface area contributed by atoms with E-state index >= 15 is 0 Å². The smallest absolute Gasteiger partial charge is 0.153 e. The first-order valence-electron chi connectivity index (χ1n) is 4.11. The first kappa shape index (κ1) is 13.9. The number of ether oxygens (including phenoxy) is 1. The SMILES string of the molecule is CC(C)(C)Oc1c(Br)c(Br)nc(Br)c1Br. The molecule has 0 unspecified atom stereocenters. The van der Waals surface area contributed by atoms with Crippen molar-refractivity contribution < 1.29 is 4.74 Å². The van der Waals surface area contributed by atoms with Gasteiger partial charge in [0.05, 0.1) is 8.95 Å². The van der Waals surface area contributed by atoms with Gasteiger partial charge in [-0.05, 0) is 84.5 Å². The molecule has 0 bridgehead atoms. The molecule has 6 heteroatoms. The molecule has 1 aromatic heterocycles. The number of nitrogens with zero attached hydrogens (tertiary/aromatic N) is 1. The molecule has 0 fully saturated rings. The summed E-state index contributed by atoms with van der Waals surface area (Å²) in [5.41, 5.74) is -0.259. The van der Waals surface area contributed by atoms with Crippen LogP contribution in [0.5, 0.6) is 5.75 Å². The topological polar surface area (TPSA) is 22.1 Å². The summed E-state index contributed by atoms with van der Waals surface area (Å²) in [6.07, 6.45) is 0. The van der Waals surface area contributed by atoms with Crippen LogP contribution >= 0.6 is 63.7 Å². The van der Waals surface area contributed by atoms with Gasteiger partial charge in [-0.1, -0.05) is 0 Å². The molecular weight excluding hydrogens is 458 g/mol. The summed E-state index contributed by atoms with van der Waals surface area (Å²) < 4.78 is 8.84. The highest BCUT2D eigenvalue weighted by molar-refractivity contribution is 9.14. The van der Waals surface area contributed by atoms with Crippen molar-refractivity contribution in [3.63, 3.8) is 0 Å². The summed E-state index contributed by atoms with van der Waals surface area (Å²) in [6.45, 7) is 5.98. The van der Waals surface area contributed by atoms with Gasteiger partial charge in [-0.2, -0.15) is 0 Å². The van der Waals surface area contributed by atoms with Gasteiger partial charge in [-0.25, -0.2) is 4.98 Å². The predicted octanol–water partition coefficient (Wildman–Crippen LogP) is 5.31. The molecule has 0 aliphatic rings. The normalized spacial score (nSPS) is 11.7. The summed E-state index contributed by atoms with van der Waals surface area (Å²) >= 11 is 13.6. The van der Waals surface area contributed by atoms with Crippen LogP contribution < -0.4 is 4.74 Å². The Kier molecular flexibility index (Phi) is 4.66. The largest absolute Gasteiger partial charge is 0.486 e. The Morgan fingerprint density at radius 2 is 1.33 bits per heavy atom. The summed E-state index contributed by atoms with van der Waals surface area (Å²) in [4.78, 5) is 4.22. The summed E-state index contributed by atoms with van der Waals surface area (Å²) in [5.74, 6) is 0.733. The second-order valence-corrected chi connectivity index (χ2v) is 6.95. The number of pyridine rings is 1.